The third kappa shape index (κ3) is 2.73. The van der Waals surface area contributed by atoms with Crippen LogP contribution in [0, 0.1) is 6.92 Å². The Morgan fingerprint density at radius 1 is 1.35 bits per heavy atom. The van der Waals surface area contributed by atoms with Crippen molar-refractivity contribution in [1.82, 2.24) is 19.6 Å². The number of esters is 2. The maximum Gasteiger partial charge on any atom is 0.341 e. The van der Waals surface area contributed by atoms with Gasteiger partial charge in [0.1, 0.15) is 0 Å². The number of ether oxygens (including phenoxy) is 2. The van der Waals surface area contributed by atoms with E-state index in [1.807, 2.05) is 0 Å². The molecule has 0 radical (unpaired) electrons. The van der Waals surface area contributed by atoms with Crippen molar-refractivity contribution >= 4 is 17.7 Å². The Morgan fingerprint density at radius 2 is 2.10 bits per heavy atom. The van der Waals surface area contributed by atoms with Gasteiger partial charge in [0, 0.05) is 13.1 Å². The van der Waals surface area contributed by atoms with Gasteiger partial charge in [-0.25, -0.2) is 14.3 Å². The summed E-state index contributed by atoms with van der Waals surface area (Å²) in [6, 6.07) is 0. The number of hydrogen-bond acceptors (Lipinski definition) is 7. The molecule has 0 aliphatic carbocycles. The Balaban J connectivity index is 2.35. The second-order valence-electron chi connectivity index (χ2n) is 4.00. The summed E-state index contributed by atoms with van der Waals surface area (Å²) in [5, 5.41) is 4.15. The molecule has 106 valence electrons. The van der Waals surface area contributed by atoms with Crippen molar-refractivity contribution in [2.24, 2.45) is 0 Å². The molecule has 2 rings (SSSR count). The molecule has 0 atom stereocenters. The smallest absolute Gasteiger partial charge is 0.341 e. The van der Waals surface area contributed by atoms with Gasteiger partial charge in [-0.2, -0.15) is 4.98 Å². The van der Waals surface area contributed by atoms with Crippen molar-refractivity contribution in [3.05, 3.63) is 23.3 Å². The second kappa shape index (κ2) is 5.64. The predicted octanol–water partition coefficient (Wildman–Crippen LogP) is 0.673. The van der Waals surface area contributed by atoms with Crippen LogP contribution < -0.4 is 0 Å². The van der Waals surface area contributed by atoms with E-state index in [4.69, 9.17) is 9.47 Å². The number of nitrogens with zero attached hydrogens (tertiary/aromatic N) is 4. The molecular formula is C12H14N4O4. The summed E-state index contributed by atoms with van der Waals surface area (Å²) in [6.07, 6.45) is 1.40. The third-order valence-corrected chi connectivity index (χ3v) is 2.55. The quantitative estimate of drug-likeness (QED) is 0.758. The Kier molecular flexibility index (Phi) is 3.92. The molecule has 2 aromatic rings. The van der Waals surface area contributed by atoms with E-state index in [1.165, 1.54) is 17.6 Å². The zero-order chi connectivity index (χ0) is 14.7. The van der Waals surface area contributed by atoms with Gasteiger partial charge < -0.3 is 9.47 Å². The first kappa shape index (κ1) is 13.9. The number of rotatable bonds is 4. The zero-order valence-electron chi connectivity index (χ0n) is 11.4. The SMILES string of the molecule is CCOC(=O)c1cnc2nc(COC(C)=O)nn2c1C. The minimum atomic E-state index is -0.462. The highest BCUT2D eigenvalue weighted by Crippen LogP contribution is 2.10. The fourth-order valence-electron chi connectivity index (χ4n) is 1.62. The van der Waals surface area contributed by atoms with E-state index >= 15 is 0 Å². The van der Waals surface area contributed by atoms with Gasteiger partial charge in [-0.3, -0.25) is 4.79 Å². The lowest BCUT2D eigenvalue weighted by molar-refractivity contribution is -0.142. The molecule has 0 aromatic carbocycles. The Morgan fingerprint density at radius 3 is 2.75 bits per heavy atom. The maximum atomic E-state index is 11.7. The average Bonchev–Trinajstić information content (AvgIpc) is 2.81. The van der Waals surface area contributed by atoms with Crippen LogP contribution in [0.5, 0.6) is 0 Å². The molecule has 20 heavy (non-hydrogen) atoms. The molecule has 0 aliphatic heterocycles. The lowest BCUT2D eigenvalue weighted by Crippen LogP contribution is -2.11. The molecule has 0 unspecified atom stereocenters. The van der Waals surface area contributed by atoms with Gasteiger partial charge in [-0.15, -0.1) is 5.10 Å². The summed E-state index contributed by atoms with van der Waals surface area (Å²) in [5.74, 6) is -0.230. The Bertz CT molecular complexity index is 665. The van der Waals surface area contributed by atoms with Crippen LogP contribution in [-0.4, -0.2) is 38.1 Å². The molecule has 2 aromatic heterocycles. The number of carbonyl (C=O) groups excluding carboxylic acids is 2. The van der Waals surface area contributed by atoms with Crippen molar-refractivity contribution in [2.45, 2.75) is 27.4 Å². The first-order chi connectivity index (χ1) is 9.52. The number of aromatic nitrogens is 4. The highest BCUT2D eigenvalue weighted by Gasteiger charge is 2.16. The van der Waals surface area contributed by atoms with Crippen LogP contribution >= 0.6 is 0 Å². The summed E-state index contributed by atoms with van der Waals surface area (Å²) < 4.78 is 11.2. The van der Waals surface area contributed by atoms with Crippen LogP contribution in [0.3, 0.4) is 0 Å². The standard InChI is InChI=1S/C12H14N4O4/c1-4-19-11(18)9-5-13-12-14-10(6-20-8(3)17)15-16(12)7(9)2/h5H,4,6H2,1-3H3. The molecule has 0 N–H and O–H groups in total. The van der Waals surface area contributed by atoms with Crippen LogP contribution in [0.4, 0.5) is 0 Å². The van der Waals surface area contributed by atoms with E-state index in [-0.39, 0.29) is 13.2 Å². The van der Waals surface area contributed by atoms with Gasteiger partial charge in [-0.05, 0) is 13.8 Å². The van der Waals surface area contributed by atoms with Crippen molar-refractivity contribution in [3.63, 3.8) is 0 Å². The minimum Gasteiger partial charge on any atom is -0.462 e. The number of fused-ring (bicyclic) bond motifs is 1. The third-order valence-electron chi connectivity index (χ3n) is 2.55. The Hall–Kier alpha value is -2.51. The van der Waals surface area contributed by atoms with Gasteiger partial charge in [0.2, 0.25) is 0 Å². The topological polar surface area (TPSA) is 95.7 Å². The van der Waals surface area contributed by atoms with Crippen molar-refractivity contribution in [1.29, 1.82) is 0 Å². The molecule has 0 spiro atoms. The van der Waals surface area contributed by atoms with E-state index in [2.05, 4.69) is 15.1 Å². The predicted molar refractivity (Wildman–Crippen MR) is 66.9 cm³/mol. The first-order valence-electron chi connectivity index (χ1n) is 6.04. The summed E-state index contributed by atoms with van der Waals surface area (Å²) >= 11 is 0. The monoisotopic (exact) mass is 278 g/mol. The number of carbonyl (C=O) groups is 2. The molecule has 0 amide bonds. The molecule has 0 saturated heterocycles. The molecule has 0 bridgehead atoms. The van der Waals surface area contributed by atoms with Crippen molar-refractivity contribution in [2.75, 3.05) is 6.61 Å². The van der Waals surface area contributed by atoms with Gasteiger partial charge in [0.05, 0.1) is 17.9 Å². The fourth-order valence-corrected chi connectivity index (χ4v) is 1.62. The van der Waals surface area contributed by atoms with E-state index in [0.717, 1.165) is 0 Å². The van der Waals surface area contributed by atoms with Crippen LogP contribution in [0.25, 0.3) is 5.78 Å². The lowest BCUT2D eigenvalue weighted by atomic mass is 10.2. The highest BCUT2D eigenvalue weighted by atomic mass is 16.5. The van der Waals surface area contributed by atoms with Crippen LogP contribution in [0.1, 0.15) is 35.7 Å². The number of aryl methyl sites for hydroxylation is 1. The highest BCUT2D eigenvalue weighted by molar-refractivity contribution is 5.90. The fraction of sp³-hybridized carbons (Fsp3) is 0.417. The molecular weight excluding hydrogens is 264 g/mol. The average molecular weight is 278 g/mol. The number of hydrogen-bond donors (Lipinski definition) is 0. The molecule has 8 heteroatoms. The van der Waals surface area contributed by atoms with E-state index < -0.39 is 11.9 Å². The largest absolute Gasteiger partial charge is 0.462 e. The summed E-state index contributed by atoms with van der Waals surface area (Å²) in [4.78, 5) is 30.6. The van der Waals surface area contributed by atoms with E-state index in [0.29, 0.717) is 22.9 Å². The van der Waals surface area contributed by atoms with Crippen molar-refractivity contribution in [3.8, 4) is 0 Å². The van der Waals surface area contributed by atoms with E-state index in [1.54, 1.807) is 13.8 Å². The lowest BCUT2D eigenvalue weighted by Gasteiger charge is -2.05. The van der Waals surface area contributed by atoms with Crippen LogP contribution in [0.15, 0.2) is 6.20 Å². The van der Waals surface area contributed by atoms with Gasteiger partial charge in [0.25, 0.3) is 5.78 Å². The van der Waals surface area contributed by atoms with Gasteiger partial charge in [-0.1, -0.05) is 0 Å². The Labute approximate surface area is 114 Å². The molecule has 0 saturated carbocycles. The maximum absolute atomic E-state index is 11.7. The van der Waals surface area contributed by atoms with Crippen LogP contribution in [0.2, 0.25) is 0 Å². The molecule has 0 fully saturated rings. The summed E-state index contributed by atoms with van der Waals surface area (Å²) in [7, 11) is 0. The minimum absolute atomic E-state index is 0.0348. The van der Waals surface area contributed by atoms with Gasteiger partial charge >= 0.3 is 11.9 Å². The second-order valence-corrected chi connectivity index (χ2v) is 4.00. The summed E-state index contributed by atoms with van der Waals surface area (Å²) in [5.41, 5.74) is 0.887. The van der Waals surface area contributed by atoms with E-state index in [9.17, 15) is 9.59 Å². The normalized spacial score (nSPS) is 10.6. The van der Waals surface area contributed by atoms with Crippen molar-refractivity contribution < 1.29 is 19.1 Å². The molecule has 8 nitrogen and oxygen atoms in total. The zero-order valence-corrected chi connectivity index (χ0v) is 11.4. The first-order valence-corrected chi connectivity index (χ1v) is 6.04. The van der Waals surface area contributed by atoms with Crippen LogP contribution in [-0.2, 0) is 20.9 Å². The van der Waals surface area contributed by atoms with Gasteiger partial charge in [0.15, 0.2) is 12.4 Å². The molecule has 2 heterocycles. The molecule has 0 aliphatic rings. The summed E-state index contributed by atoms with van der Waals surface area (Å²) in [6.45, 7) is 4.99.